The van der Waals surface area contributed by atoms with Crippen molar-refractivity contribution in [2.75, 3.05) is 0 Å². The molecule has 2 aromatic rings. The molecule has 3 rings (SSSR count). The molecule has 1 aliphatic rings. The van der Waals surface area contributed by atoms with Crippen LogP contribution in [0.1, 0.15) is 17.0 Å². The van der Waals surface area contributed by atoms with Crippen molar-refractivity contribution >= 4 is 17.7 Å². The first-order valence-electron chi connectivity index (χ1n) is 7.29. The summed E-state index contributed by atoms with van der Waals surface area (Å²) in [4.78, 5) is 13.5. The molecule has 1 heterocycles. The first-order chi connectivity index (χ1) is 11.7. The number of halogens is 1. The SMILES string of the molecule is N#Cc1cc(Cl)ccc1C1C=CN(C(=O)Oc2ccccc2)C=C1. The summed E-state index contributed by atoms with van der Waals surface area (Å²) in [6.07, 6.45) is 6.42. The monoisotopic (exact) mass is 336 g/mol. The van der Waals surface area contributed by atoms with Crippen LogP contribution in [0.5, 0.6) is 5.75 Å². The van der Waals surface area contributed by atoms with Crippen LogP contribution in [-0.4, -0.2) is 11.0 Å². The first kappa shape index (κ1) is 15.9. The number of benzene rings is 2. The number of nitriles is 1. The van der Waals surface area contributed by atoms with Crippen molar-refractivity contribution in [2.24, 2.45) is 0 Å². The van der Waals surface area contributed by atoms with Gasteiger partial charge in [0.25, 0.3) is 0 Å². The first-order valence-corrected chi connectivity index (χ1v) is 7.66. The van der Waals surface area contributed by atoms with Gasteiger partial charge in [-0.2, -0.15) is 5.26 Å². The van der Waals surface area contributed by atoms with Crippen molar-refractivity contribution in [3.05, 3.63) is 89.2 Å². The molecule has 0 spiro atoms. The molecule has 0 aromatic heterocycles. The lowest BCUT2D eigenvalue weighted by atomic mass is 9.93. The van der Waals surface area contributed by atoms with E-state index in [0.717, 1.165) is 5.56 Å². The number of ether oxygens (including phenoxy) is 1. The number of carbonyl (C=O) groups excluding carboxylic acids is 1. The van der Waals surface area contributed by atoms with Crippen LogP contribution in [0.25, 0.3) is 0 Å². The van der Waals surface area contributed by atoms with E-state index in [-0.39, 0.29) is 5.92 Å². The van der Waals surface area contributed by atoms with Crippen molar-refractivity contribution in [2.45, 2.75) is 5.92 Å². The molecule has 118 valence electrons. The van der Waals surface area contributed by atoms with E-state index in [1.165, 1.54) is 4.90 Å². The number of nitrogens with zero attached hydrogens (tertiary/aromatic N) is 2. The zero-order chi connectivity index (χ0) is 16.9. The molecule has 5 heteroatoms. The Morgan fingerprint density at radius 1 is 1.12 bits per heavy atom. The van der Waals surface area contributed by atoms with Crippen LogP contribution in [0, 0.1) is 11.3 Å². The predicted octanol–water partition coefficient (Wildman–Crippen LogP) is 4.84. The van der Waals surface area contributed by atoms with Crippen LogP contribution < -0.4 is 4.74 Å². The fourth-order valence-corrected chi connectivity index (χ4v) is 2.54. The third-order valence-electron chi connectivity index (χ3n) is 3.56. The van der Waals surface area contributed by atoms with Crippen LogP contribution in [0.4, 0.5) is 4.79 Å². The fourth-order valence-electron chi connectivity index (χ4n) is 2.37. The Labute approximate surface area is 144 Å². The number of hydrogen-bond donors (Lipinski definition) is 0. The summed E-state index contributed by atoms with van der Waals surface area (Å²) in [5, 5.41) is 9.76. The zero-order valence-corrected chi connectivity index (χ0v) is 13.4. The molecule has 0 bridgehead atoms. The Balaban J connectivity index is 1.72. The van der Waals surface area contributed by atoms with E-state index >= 15 is 0 Å². The summed E-state index contributed by atoms with van der Waals surface area (Å²) in [7, 11) is 0. The predicted molar refractivity (Wildman–Crippen MR) is 91.5 cm³/mol. The highest BCUT2D eigenvalue weighted by Gasteiger charge is 2.18. The second kappa shape index (κ2) is 7.03. The molecule has 0 atom stereocenters. The second-order valence-electron chi connectivity index (χ2n) is 5.14. The minimum absolute atomic E-state index is 0.0994. The number of carbonyl (C=O) groups is 1. The van der Waals surface area contributed by atoms with Gasteiger partial charge < -0.3 is 4.74 Å². The molecule has 0 N–H and O–H groups in total. The summed E-state index contributed by atoms with van der Waals surface area (Å²) < 4.78 is 5.27. The maximum absolute atomic E-state index is 12.1. The highest BCUT2D eigenvalue weighted by atomic mass is 35.5. The van der Waals surface area contributed by atoms with Gasteiger partial charge in [-0.3, -0.25) is 4.90 Å². The molecular weight excluding hydrogens is 324 g/mol. The van der Waals surface area contributed by atoms with Crippen molar-refractivity contribution in [3.8, 4) is 11.8 Å². The molecule has 0 radical (unpaired) electrons. The maximum Gasteiger partial charge on any atom is 0.423 e. The lowest BCUT2D eigenvalue weighted by Gasteiger charge is -2.20. The molecule has 1 aliphatic heterocycles. The topological polar surface area (TPSA) is 53.3 Å². The van der Waals surface area contributed by atoms with Gasteiger partial charge in [0.05, 0.1) is 11.6 Å². The van der Waals surface area contributed by atoms with E-state index in [9.17, 15) is 10.1 Å². The lowest BCUT2D eigenvalue weighted by Crippen LogP contribution is -2.25. The average Bonchev–Trinajstić information content (AvgIpc) is 2.62. The van der Waals surface area contributed by atoms with Gasteiger partial charge in [0.15, 0.2) is 0 Å². The quantitative estimate of drug-likeness (QED) is 0.788. The standard InChI is InChI=1S/C19H13ClN2O2/c20-16-6-7-18(15(12-16)13-21)14-8-10-22(11-9-14)19(23)24-17-4-2-1-3-5-17/h1-12,14H. The largest absolute Gasteiger partial charge is 0.423 e. The lowest BCUT2D eigenvalue weighted by molar-refractivity contribution is 0.181. The van der Waals surface area contributed by atoms with E-state index < -0.39 is 6.09 Å². The van der Waals surface area contributed by atoms with Gasteiger partial charge in [-0.25, -0.2) is 4.79 Å². The van der Waals surface area contributed by atoms with Crippen LogP contribution in [0.3, 0.4) is 0 Å². The van der Waals surface area contributed by atoms with E-state index in [2.05, 4.69) is 6.07 Å². The van der Waals surface area contributed by atoms with Gasteiger partial charge in [0.1, 0.15) is 5.75 Å². The van der Waals surface area contributed by atoms with E-state index in [4.69, 9.17) is 16.3 Å². The molecule has 24 heavy (non-hydrogen) atoms. The summed E-state index contributed by atoms with van der Waals surface area (Å²) in [6, 6.07) is 16.2. The number of rotatable bonds is 2. The molecule has 0 saturated heterocycles. The van der Waals surface area contributed by atoms with Gasteiger partial charge in [-0.15, -0.1) is 0 Å². The van der Waals surface area contributed by atoms with E-state index in [0.29, 0.717) is 16.3 Å². The highest BCUT2D eigenvalue weighted by Crippen LogP contribution is 2.28. The Bertz CT molecular complexity index is 839. The maximum atomic E-state index is 12.1. The third-order valence-corrected chi connectivity index (χ3v) is 3.80. The second-order valence-corrected chi connectivity index (χ2v) is 5.58. The summed E-state index contributed by atoms with van der Waals surface area (Å²) in [5.41, 5.74) is 1.35. The zero-order valence-electron chi connectivity index (χ0n) is 12.6. The van der Waals surface area contributed by atoms with E-state index in [1.807, 2.05) is 24.3 Å². The Morgan fingerprint density at radius 2 is 1.83 bits per heavy atom. The van der Waals surface area contributed by atoms with E-state index in [1.54, 1.807) is 48.8 Å². The van der Waals surface area contributed by atoms with Crippen LogP contribution in [-0.2, 0) is 0 Å². The molecular formula is C19H13ClN2O2. The van der Waals surface area contributed by atoms with Gasteiger partial charge >= 0.3 is 6.09 Å². The van der Waals surface area contributed by atoms with Crippen LogP contribution in [0.15, 0.2) is 73.1 Å². The minimum atomic E-state index is -0.497. The van der Waals surface area contributed by atoms with Crippen LogP contribution in [0.2, 0.25) is 5.02 Å². The molecule has 2 aromatic carbocycles. The smallest absolute Gasteiger partial charge is 0.410 e. The molecule has 1 amide bonds. The minimum Gasteiger partial charge on any atom is -0.410 e. The van der Waals surface area contributed by atoms with Crippen molar-refractivity contribution in [1.82, 2.24) is 4.90 Å². The molecule has 0 saturated carbocycles. The Hall–Kier alpha value is -3.03. The van der Waals surface area contributed by atoms with Crippen molar-refractivity contribution in [1.29, 1.82) is 5.26 Å². The van der Waals surface area contributed by atoms with Crippen molar-refractivity contribution in [3.63, 3.8) is 0 Å². The van der Waals surface area contributed by atoms with Crippen LogP contribution >= 0.6 is 11.6 Å². The number of para-hydroxylation sites is 1. The van der Waals surface area contributed by atoms with Gasteiger partial charge in [0, 0.05) is 23.3 Å². The number of allylic oxidation sites excluding steroid dienone is 2. The normalized spacial score (nSPS) is 13.6. The van der Waals surface area contributed by atoms with Gasteiger partial charge in [-0.05, 0) is 29.8 Å². The summed E-state index contributed by atoms with van der Waals surface area (Å²) in [6.45, 7) is 0. The molecule has 0 unspecified atom stereocenters. The molecule has 0 aliphatic carbocycles. The van der Waals surface area contributed by atoms with Crippen molar-refractivity contribution < 1.29 is 9.53 Å². The van der Waals surface area contributed by atoms with Gasteiger partial charge in [-0.1, -0.05) is 48.0 Å². The Kier molecular flexibility index (Phi) is 4.64. The molecule has 0 fully saturated rings. The number of hydrogen-bond acceptors (Lipinski definition) is 3. The average molecular weight is 337 g/mol. The third kappa shape index (κ3) is 3.48. The van der Waals surface area contributed by atoms with Gasteiger partial charge in [0.2, 0.25) is 0 Å². The highest BCUT2D eigenvalue weighted by molar-refractivity contribution is 6.30. The Morgan fingerprint density at radius 3 is 2.50 bits per heavy atom. The molecule has 4 nitrogen and oxygen atoms in total. The summed E-state index contributed by atoms with van der Waals surface area (Å²) in [5.74, 6) is 0.383. The number of amides is 1. The fraction of sp³-hybridized carbons (Fsp3) is 0.0526. The summed E-state index contributed by atoms with van der Waals surface area (Å²) >= 11 is 5.92.